The summed E-state index contributed by atoms with van der Waals surface area (Å²) in [6.45, 7) is 5.55. The van der Waals surface area contributed by atoms with Crippen LogP contribution in [0, 0.1) is 11.7 Å². The van der Waals surface area contributed by atoms with E-state index >= 15 is 0 Å². The van der Waals surface area contributed by atoms with Crippen LogP contribution < -0.4 is 15.5 Å². The Balaban J connectivity index is 1.56. The van der Waals surface area contributed by atoms with Gasteiger partial charge in [-0.2, -0.15) is 0 Å². The van der Waals surface area contributed by atoms with Gasteiger partial charge in [0.15, 0.2) is 0 Å². The number of hydrogen-bond acceptors (Lipinski definition) is 4. The van der Waals surface area contributed by atoms with E-state index in [0.29, 0.717) is 12.5 Å². The Morgan fingerprint density at radius 2 is 1.88 bits per heavy atom. The van der Waals surface area contributed by atoms with Gasteiger partial charge in [0.1, 0.15) is 5.82 Å². The molecule has 0 aromatic heterocycles. The molecule has 0 bridgehead atoms. The first-order chi connectivity index (χ1) is 11.7. The normalized spacial score (nSPS) is 25.0. The van der Waals surface area contributed by atoms with Crippen LogP contribution >= 0.6 is 0 Å². The van der Waals surface area contributed by atoms with Gasteiger partial charge in [0.2, 0.25) is 0 Å². The van der Waals surface area contributed by atoms with Crippen molar-refractivity contribution < 1.29 is 9.50 Å². The van der Waals surface area contributed by atoms with Crippen molar-refractivity contribution in [2.75, 3.05) is 44.2 Å². The van der Waals surface area contributed by atoms with Crippen molar-refractivity contribution in [2.45, 2.75) is 37.2 Å². The molecule has 1 aromatic carbocycles. The van der Waals surface area contributed by atoms with Crippen LogP contribution in [0.5, 0.6) is 0 Å². The third kappa shape index (κ3) is 2.93. The molecule has 5 heteroatoms. The molecule has 2 saturated heterocycles. The molecule has 0 saturated carbocycles. The van der Waals surface area contributed by atoms with Crippen LogP contribution in [0.4, 0.5) is 10.1 Å². The second-order valence-corrected chi connectivity index (χ2v) is 7.73. The number of nitrogens with zero attached hydrogens (tertiary/aromatic N) is 1. The molecule has 4 nitrogen and oxygen atoms in total. The zero-order valence-electron chi connectivity index (χ0n) is 14.2. The minimum atomic E-state index is -0.304. The van der Waals surface area contributed by atoms with Crippen LogP contribution in [0.1, 0.15) is 31.2 Å². The summed E-state index contributed by atoms with van der Waals surface area (Å²) in [5, 5.41) is 17.5. The van der Waals surface area contributed by atoms with Gasteiger partial charge in [0, 0.05) is 24.2 Å². The van der Waals surface area contributed by atoms with E-state index in [1.54, 1.807) is 12.1 Å². The van der Waals surface area contributed by atoms with E-state index in [4.69, 9.17) is 0 Å². The molecule has 2 fully saturated rings. The van der Waals surface area contributed by atoms with Crippen molar-refractivity contribution in [1.82, 2.24) is 10.6 Å². The number of aliphatic hydroxyl groups excluding tert-OH is 1. The van der Waals surface area contributed by atoms with Crippen LogP contribution in [-0.4, -0.2) is 50.5 Å². The first-order valence-electron chi connectivity index (χ1n) is 9.32. The largest absolute Gasteiger partial charge is 0.391 e. The second-order valence-electron chi connectivity index (χ2n) is 7.73. The monoisotopic (exact) mass is 333 g/mol. The van der Waals surface area contributed by atoms with Crippen LogP contribution in [0.25, 0.3) is 0 Å². The smallest absolute Gasteiger partial charge is 0.123 e. The molecule has 3 aliphatic rings. The molecule has 0 radical (unpaired) electrons. The average molecular weight is 333 g/mol. The molecule has 24 heavy (non-hydrogen) atoms. The third-order valence-electron chi connectivity index (χ3n) is 6.26. The van der Waals surface area contributed by atoms with Crippen LogP contribution in [0.3, 0.4) is 0 Å². The van der Waals surface area contributed by atoms with Gasteiger partial charge in [-0.15, -0.1) is 0 Å². The predicted octanol–water partition coefficient (Wildman–Crippen LogP) is 1.63. The number of halogens is 1. The number of aliphatic hydroxyl groups is 1. The molecule has 3 heterocycles. The zero-order valence-corrected chi connectivity index (χ0v) is 14.2. The fraction of sp³-hybridized carbons (Fsp3) is 0.684. The van der Waals surface area contributed by atoms with Crippen molar-refractivity contribution in [3.05, 3.63) is 29.6 Å². The highest BCUT2D eigenvalue weighted by molar-refractivity contribution is 5.63. The van der Waals surface area contributed by atoms with Gasteiger partial charge in [0.05, 0.1) is 6.10 Å². The van der Waals surface area contributed by atoms with E-state index in [2.05, 4.69) is 15.5 Å². The summed E-state index contributed by atoms with van der Waals surface area (Å²) < 4.78 is 13.9. The van der Waals surface area contributed by atoms with Gasteiger partial charge in [-0.3, -0.25) is 0 Å². The molecule has 1 unspecified atom stereocenters. The number of nitrogens with one attached hydrogen (secondary N) is 2. The van der Waals surface area contributed by atoms with Crippen LogP contribution in [0.15, 0.2) is 18.2 Å². The summed E-state index contributed by atoms with van der Waals surface area (Å²) in [6.07, 6.45) is 3.87. The molecule has 1 spiro atoms. The fourth-order valence-electron chi connectivity index (χ4n) is 4.84. The molecule has 0 aliphatic carbocycles. The first-order valence-corrected chi connectivity index (χ1v) is 9.32. The van der Waals surface area contributed by atoms with Crippen LogP contribution in [0.2, 0.25) is 0 Å². The zero-order chi connectivity index (χ0) is 16.6. The standard InChI is InChI=1S/C19H28FN3O/c20-15-1-2-17-16(11-15)19(5-9-22-10-6-19)13-23(17)12-18(24)14-3-7-21-8-4-14/h1-2,11,14,18,21-22,24H,3-10,12-13H2. The summed E-state index contributed by atoms with van der Waals surface area (Å²) >= 11 is 0. The number of fused-ring (bicyclic) bond motifs is 2. The third-order valence-corrected chi connectivity index (χ3v) is 6.26. The number of rotatable bonds is 3. The topological polar surface area (TPSA) is 47.5 Å². The van der Waals surface area contributed by atoms with E-state index in [1.165, 1.54) is 0 Å². The van der Waals surface area contributed by atoms with Crippen molar-refractivity contribution in [2.24, 2.45) is 5.92 Å². The number of piperidine rings is 2. The molecule has 1 aromatic rings. The van der Waals surface area contributed by atoms with Crippen molar-refractivity contribution in [3.8, 4) is 0 Å². The molecule has 1 atom stereocenters. The summed E-state index contributed by atoms with van der Waals surface area (Å²) in [6, 6.07) is 5.21. The quantitative estimate of drug-likeness (QED) is 0.787. The maximum atomic E-state index is 13.9. The van der Waals surface area contributed by atoms with Gasteiger partial charge in [-0.05, 0) is 81.5 Å². The lowest BCUT2D eigenvalue weighted by molar-refractivity contribution is 0.0934. The maximum Gasteiger partial charge on any atom is 0.123 e. The van der Waals surface area contributed by atoms with Crippen molar-refractivity contribution in [3.63, 3.8) is 0 Å². The lowest BCUT2D eigenvalue weighted by atomic mass is 9.75. The summed E-state index contributed by atoms with van der Waals surface area (Å²) in [7, 11) is 0. The van der Waals surface area contributed by atoms with E-state index in [-0.39, 0.29) is 17.3 Å². The van der Waals surface area contributed by atoms with E-state index in [1.807, 2.05) is 6.07 Å². The van der Waals surface area contributed by atoms with Crippen LogP contribution in [-0.2, 0) is 5.41 Å². The number of hydrogen-bond donors (Lipinski definition) is 3. The minimum absolute atomic E-state index is 0.0521. The van der Waals surface area contributed by atoms with Gasteiger partial charge in [-0.25, -0.2) is 4.39 Å². The summed E-state index contributed by atoms with van der Waals surface area (Å²) in [5.74, 6) is 0.229. The van der Waals surface area contributed by atoms with Gasteiger partial charge < -0.3 is 20.6 Å². The van der Waals surface area contributed by atoms with Crippen molar-refractivity contribution >= 4 is 5.69 Å². The molecule has 3 aliphatic heterocycles. The maximum absolute atomic E-state index is 13.9. The summed E-state index contributed by atoms with van der Waals surface area (Å²) in [5.41, 5.74) is 2.34. The SMILES string of the molecule is OC(CN1CC2(CCNCC2)c2cc(F)ccc21)C1CCNCC1. The highest BCUT2D eigenvalue weighted by Gasteiger charge is 2.44. The average Bonchev–Trinajstić information content (AvgIpc) is 2.89. The molecule has 4 rings (SSSR count). The van der Waals surface area contributed by atoms with Gasteiger partial charge in [0.25, 0.3) is 0 Å². The second kappa shape index (κ2) is 6.62. The van der Waals surface area contributed by atoms with Gasteiger partial charge >= 0.3 is 0 Å². The Hall–Kier alpha value is -1.17. The Kier molecular flexibility index (Phi) is 4.50. The lowest BCUT2D eigenvalue weighted by Crippen LogP contribution is -2.45. The molecule has 132 valence electrons. The number of benzene rings is 1. The fourth-order valence-corrected chi connectivity index (χ4v) is 4.84. The van der Waals surface area contributed by atoms with E-state index in [0.717, 1.165) is 69.7 Å². The highest BCUT2D eigenvalue weighted by Crippen LogP contribution is 2.46. The van der Waals surface area contributed by atoms with Gasteiger partial charge in [-0.1, -0.05) is 0 Å². The lowest BCUT2D eigenvalue weighted by Gasteiger charge is -2.36. The highest BCUT2D eigenvalue weighted by atomic mass is 19.1. The molecular weight excluding hydrogens is 305 g/mol. The Labute approximate surface area is 143 Å². The van der Waals surface area contributed by atoms with Crippen molar-refractivity contribution in [1.29, 1.82) is 0 Å². The number of β-amino-alcohol motifs (C(OH)–C–C–N with tert-alkyl or cyclic N) is 1. The molecule has 3 N–H and O–H groups in total. The Morgan fingerprint density at radius 3 is 2.62 bits per heavy atom. The summed E-state index contributed by atoms with van der Waals surface area (Å²) in [4.78, 5) is 2.31. The first kappa shape index (κ1) is 16.3. The van der Waals surface area contributed by atoms with E-state index in [9.17, 15) is 9.50 Å². The Morgan fingerprint density at radius 1 is 1.17 bits per heavy atom. The Bertz CT molecular complexity index is 582. The molecule has 0 amide bonds. The van der Waals surface area contributed by atoms with E-state index < -0.39 is 0 Å². The molecular formula is C19H28FN3O. The predicted molar refractivity (Wildman–Crippen MR) is 94.0 cm³/mol. The number of anilines is 1. The minimum Gasteiger partial charge on any atom is -0.391 e.